The summed E-state index contributed by atoms with van der Waals surface area (Å²) in [7, 11) is 3.41. The van der Waals surface area contributed by atoms with Crippen LogP contribution in [-0.4, -0.2) is 63.9 Å². The Balaban J connectivity index is 0.00000364. The number of hydrogen-bond acceptors (Lipinski definition) is 4. The molecule has 1 aliphatic heterocycles. The molecule has 0 spiro atoms. The summed E-state index contributed by atoms with van der Waals surface area (Å²) in [6.07, 6.45) is 2.22. The number of methoxy groups -OCH3 is 2. The van der Waals surface area contributed by atoms with Gasteiger partial charge in [0.15, 0.2) is 5.96 Å². The third-order valence-corrected chi connectivity index (χ3v) is 4.78. The van der Waals surface area contributed by atoms with E-state index in [0.29, 0.717) is 17.6 Å². The van der Waals surface area contributed by atoms with Crippen LogP contribution >= 0.6 is 35.6 Å². The molecule has 0 aromatic heterocycles. The van der Waals surface area contributed by atoms with Crippen molar-refractivity contribution in [3.8, 4) is 5.75 Å². The molecule has 1 aromatic rings. The Morgan fingerprint density at radius 2 is 2.04 bits per heavy atom. The first-order valence-corrected chi connectivity index (χ1v) is 9.62. The minimum atomic E-state index is 0. The highest BCUT2D eigenvalue weighted by molar-refractivity contribution is 14.0. The highest BCUT2D eigenvalue weighted by Crippen LogP contribution is 2.23. The van der Waals surface area contributed by atoms with Crippen LogP contribution in [0.15, 0.2) is 23.2 Å². The van der Waals surface area contributed by atoms with E-state index in [1.54, 1.807) is 14.2 Å². The number of rotatable bonds is 8. The molecular formula is C19H32ClIN4O2. The minimum absolute atomic E-state index is 0. The van der Waals surface area contributed by atoms with Gasteiger partial charge in [-0.2, -0.15) is 0 Å². The van der Waals surface area contributed by atoms with Gasteiger partial charge in [0.25, 0.3) is 0 Å². The van der Waals surface area contributed by atoms with Crippen LogP contribution in [0.3, 0.4) is 0 Å². The number of hydrogen-bond donors (Lipinski definition) is 2. The van der Waals surface area contributed by atoms with E-state index >= 15 is 0 Å². The fourth-order valence-corrected chi connectivity index (χ4v) is 3.21. The molecule has 2 N–H and O–H groups in total. The molecule has 1 aromatic carbocycles. The zero-order chi connectivity index (χ0) is 18.8. The van der Waals surface area contributed by atoms with E-state index in [2.05, 4.69) is 22.5 Å². The maximum absolute atomic E-state index is 6.03. The Morgan fingerprint density at radius 1 is 1.30 bits per heavy atom. The van der Waals surface area contributed by atoms with Crippen molar-refractivity contribution < 1.29 is 9.47 Å². The molecule has 1 saturated heterocycles. The highest BCUT2D eigenvalue weighted by Gasteiger charge is 2.19. The zero-order valence-electron chi connectivity index (χ0n) is 16.5. The highest BCUT2D eigenvalue weighted by atomic mass is 127. The van der Waals surface area contributed by atoms with E-state index in [1.165, 1.54) is 0 Å². The summed E-state index contributed by atoms with van der Waals surface area (Å²) in [5.74, 6) is 1.61. The second-order valence-electron chi connectivity index (χ2n) is 6.40. The lowest BCUT2D eigenvalue weighted by molar-refractivity contribution is 0.128. The molecular weight excluding hydrogens is 479 g/mol. The summed E-state index contributed by atoms with van der Waals surface area (Å²) in [5.41, 5.74) is 1.02. The average molecular weight is 511 g/mol. The first-order valence-electron chi connectivity index (χ1n) is 9.24. The van der Waals surface area contributed by atoms with E-state index in [4.69, 9.17) is 26.1 Å². The molecule has 0 bridgehead atoms. The Kier molecular flexibility index (Phi) is 12.1. The van der Waals surface area contributed by atoms with Gasteiger partial charge in [-0.15, -0.1) is 24.0 Å². The molecule has 8 heteroatoms. The molecule has 27 heavy (non-hydrogen) atoms. The van der Waals surface area contributed by atoms with Crippen molar-refractivity contribution in [3.63, 3.8) is 0 Å². The first kappa shape index (κ1) is 24.3. The summed E-state index contributed by atoms with van der Waals surface area (Å²) in [5, 5.41) is 7.57. The van der Waals surface area contributed by atoms with Gasteiger partial charge < -0.3 is 25.0 Å². The maximum Gasteiger partial charge on any atom is 0.191 e. The fourth-order valence-electron chi connectivity index (χ4n) is 3.05. The van der Waals surface area contributed by atoms with Crippen LogP contribution in [0.25, 0.3) is 0 Å². The van der Waals surface area contributed by atoms with Crippen LogP contribution < -0.4 is 15.4 Å². The molecule has 0 atom stereocenters. The Morgan fingerprint density at radius 3 is 2.67 bits per heavy atom. The van der Waals surface area contributed by atoms with Gasteiger partial charge in [-0.05, 0) is 31.9 Å². The van der Waals surface area contributed by atoms with Gasteiger partial charge >= 0.3 is 0 Å². The summed E-state index contributed by atoms with van der Waals surface area (Å²) in [6.45, 7) is 7.43. The molecule has 0 amide bonds. The second kappa shape index (κ2) is 13.4. The van der Waals surface area contributed by atoms with Gasteiger partial charge in [-0.25, -0.2) is 4.99 Å². The SMILES string of the molecule is CCNC(=NCc1ccc(Cl)cc1OC)NC1CCN(CCOC)CC1.I. The largest absolute Gasteiger partial charge is 0.496 e. The molecule has 0 aliphatic carbocycles. The molecule has 6 nitrogen and oxygen atoms in total. The number of nitrogens with zero attached hydrogens (tertiary/aromatic N) is 2. The van der Waals surface area contributed by atoms with Gasteiger partial charge in [0.05, 0.1) is 20.3 Å². The average Bonchev–Trinajstić information content (AvgIpc) is 2.66. The smallest absolute Gasteiger partial charge is 0.191 e. The lowest BCUT2D eigenvalue weighted by Gasteiger charge is -2.32. The lowest BCUT2D eigenvalue weighted by Crippen LogP contribution is -2.49. The standard InChI is InChI=1S/C19H31ClN4O2.HI/c1-4-21-19(22-14-15-5-6-16(20)13-18(15)26-3)23-17-7-9-24(10-8-17)11-12-25-2;/h5-6,13,17H,4,7-12,14H2,1-3H3,(H2,21,22,23);1H. The van der Waals surface area contributed by atoms with E-state index in [9.17, 15) is 0 Å². The quantitative estimate of drug-likeness (QED) is 0.320. The monoisotopic (exact) mass is 510 g/mol. The summed E-state index contributed by atoms with van der Waals surface area (Å²) in [4.78, 5) is 7.17. The van der Waals surface area contributed by atoms with Crippen molar-refractivity contribution in [2.75, 3.05) is 47.0 Å². The third kappa shape index (κ3) is 8.41. The lowest BCUT2D eigenvalue weighted by atomic mass is 10.1. The zero-order valence-corrected chi connectivity index (χ0v) is 19.5. The summed E-state index contributed by atoms with van der Waals surface area (Å²) < 4.78 is 10.6. The van der Waals surface area contributed by atoms with Crippen LogP contribution in [0.4, 0.5) is 0 Å². The van der Waals surface area contributed by atoms with E-state index in [-0.39, 0.29) is 24.0 Å². The number of aliphatic imine (C=N–C) groups is 1. The van der Waals surface area contributed by atoms with Gasteiger partial charge in [0.1, 0.15) is 5.75 Å². The number of likely N-dealkylation sites (tertiary alicyclic amines) is 1. The van der Waals surface area contributed by atoms with E-state index in [0.717, 1.165) is 62.9 Å². The number of piperidine rings is 1. The Labute approximate surface area is 185 Å². The number of guanidine groups is 1. The molecule has 1 heterocycles. The third-order valence-electron chi connectivity index (χ3n) is 4.54. The number of ether oxygens (including phenoxy) is 2. The van der Waals surface area contributed by atoms with E-state index in [1.807, 2.05) is 18.2 Å². The molecule has 0 radical (unpaired) electrons. The van der Waals surface area contributed by atoms with Crippen molar-refractivity contribution in [1.82, 2.24) is 15.5 Å². The van der Waals surface area contributed by atoms with Gasteiger partial charge in [0, 0.05) is 49.9 Å². The van der Waals surface area contributed by atoms with Crippen LogP contribution in [0.5, 0.6) is 5.75 Å². The minimum Gasteiger partial charge on any atom is -0.496 e. The van der Waals surface area contributed by atoms with Gasteiger partial charge in [-0.3, -0.25) is 0 Å². The van der Waals surface area contributed by atoms with Crippen molar-refractivity contribution in [2.45, 2.75) is 32.4 Å². The number of nitrogens with one attached hydrogen (secondary N) is 2. The van der Waals surface area contributed by atoms with Crippen molar-refractivity contribution in [1.29, 1.82) is 0 Å². The molecule has 1 aliphatic rings. The van der Waals surface area contributed by atoms with Crippen molar-refractivity contribution in [2.24, 2.45) is 4.99 Å². The van der Waals surface area contributed by atoms with Crippen LogP contribution in [0.1, 0.15) is 25.3 Å². The van der Waals surface area contributed by atoms with Crippen LogP contribution in [-0.2, 0) is 11.3 Å². The van der Waals surface area contributed by atoms with Gasteiger partial charge in [0.2, 0.25) is 0 Å². The first-order chi connectivity index (χ1) is 12.7. The molecule has 0 unspecified atom stereocenters. The summed E-state index contributed by atoms with van der Waals surface area (Å²) >= 11 is 6.03. The maximum atomic E-state index is 6.03. The predicted octanol–water partition coefficient (Wildman–Crippen LogP) is 3.13. The van der Waals surface area contributed by atoms with Crippen molar-refractivity contribution in [3.05, 3.63) is 28.8 Å². The topological polar surface area (TPSA) is 58.1 Å². The predicted molar refractivity (Wildman–Crippen MR) is 123 cm³/mol. The van der Waals surface area contributed by atoms with Gasteiger partial charge in [-0.1, -0.05) is 17.7 Å². The van der Waals surface area contributed by atoms with E-state index < -0.39 is 0 Å². The Bertz CT molecular complexity index is 581. The molecule has 2 rings (SSSR count). The van der Waals surface area contributed by atoms with Crippen LogP contribution in [0.2, 0.25) is 5.02 Å². The number of benzene rings is 1. The number of halogens is 2. The van der Waals surface area contributed by atoms with Crippen LogP contribution in [0, 0.1) is 0 Å². The molecule has 1 fully saturated rings. The normalized spacial score (nSPS) is 15.9. The fraction of sp³-hybridized carbons (Fsp3) is 0.632. The molecule has 0 saturated carbocycles. The second-order valence-corrected chi connectivity index (χ2v) is 6.84. The molecule has 154 valence electrons. The Hall–Kier alpha value is -0.770. The summed E-state index contributed by atoms with van der Waals surface area (Å²) in [6, 6.07) is 6.09. The van der Waals surface area contributed by atoms with Crippen molar-refractivity contribution >= 4 is 41.5 Å².